The molecule has 1 fully saturated rings. The third-order valence-electron chi connectivity index (χ3n) is 5.46. The summed E-state index contributed by atoms with van der Waals surface area (Å²) in [5.74, 6) is -1.56. The summed E-state index contributed by atoms with van der Waals surface area (Å²) in [6.07, 6.45) is 1.74. The number of carbonyl (C=O) groups excluding carboxylic acids is 3. The number of methoxy groups -OCH3 is 1. The molecule has 0 unspecified atom stereocenters. The fourth-order valence-corrected chi connectivity index (χ4v) is 4.08. The van der Waals surface area contributed by atoms with Gasteiger partial charge in [-0.05, 0) is 29.2 Å². The predicted molar refractivity (Wildman–Crippen MR) is 107 cm³/mol. The Morgan fingerprint density at radius 1 is 1.14 bits per heavy atom. The molecule has 6 heteroatoms. The lowest BCUT2D eigenvalue weighted by atomic mass is 9.65. The molecule has 1 aliphatic carbocycles. The molecule has 0 aliphatic heterocycles. The molecule has 152 valence electrons. The van der Waals surface area contributed by atoms with Gasteiger partial charge in [0.2, 0.25) is 5.78 Å². The molecule has 1 atom stereocenters. The van der Waals surface area contributed by atoms with Gasteiger partial charge in [0.25, 0.3) is 5.69 Å². The largest absolute Gasteiger partial charge is 0.618 e. The fraction of sp³-hybridized carbons (Fsp3) is 0.391. The van der Waals surface area contributed by atoms with Crippen molar-refractivity contribution in [3.63, 3.8) is 0 Å². The smallest absolute Gasteiger partial charge is 0.259 e. The van der Waals surface area contributed by atoms with Crippen molar-refractivity contribution in [2.24, 2.45) is 11.3 Å². The van der Waals surface area contributed by atoms with E-state index in [4.69, 9.17) is 4.74 Å². The van der Waals surface area contributed by atoms with Crippen LogP contribution in [0.4, 0.5) is 0 Å². The number of hydrogen-bond donors (Lipinski definition) is 0. The normalized spacial score (nSPS) is 17.8. The Morgan fingerprint density at radius 3 is 2.31 bits per heavy atom. The van der Waals surface area contributed by atoms with Gasteiger partial charge in [-0.1, -0.05) is 26.0 Å². The summed E-state index contributed by atoms with van der Waals surface area (Å²) in [7, 11) is 1.55. The number of ether oxygens (including phenoxy) is 1. The van der Waals surface area contributed by atoms with Gasteiger partial charge in [-0.25, -0.2) is 0 Å². The van der Waals surface area contributed by atoms with Crippen LogP contribution in [0.15, 0.2) is 48.7 Å². The SMILES string of the molecule is COc1ccc([C@@H](CC(=O)c2cccc[n+]2[O-])C2C(=O)CC(C)(C)CC2=O)cc1. The molecule has 1 aromatic carbocycles. The number of carbonyl (C=O) groups is 3. The topological polar surface area (TPSA) is 87.4 Å². The van der Waals surface area contributed by atoms with E-state index in [9.17, 15) is 19.6 Å². The van der Waals surface area contributed by atoms with Crippen LogP contribution in [0.25, 0.3) is 0 Å². The van der Waals surface area contributed by atoms with Crippen LogP contribution in [-0.2, 0) is 9.59 Å². The number of hydrogen-bond acceptors (Lipinski definition) is 5. The van der Waals surface area contributed by atoms with Crippen LogP contribution < -0.4 is 9.47 Å². The van der Waals surface area contributed by atoms with Crippen LogP contribution in [0, 0.1) is 16.5 Å². The Kier molecular flexibility index (Phi) is 5.82. The number of nitrogens with zero attached hydrogens (tertiary/aromatic N) is 1. The van der Waals surface area contributed by atoms with E-state index in [0.29, 0.717) is 16.0 Å². The van der Waals surface area contributed by atoms with Crippen molar-refractivity contribution >= 4 is 17.3 Å². The highest BCUT2D eigenvalue weighted by Crippen LogP contribution is 2.41. The highest BCUT2D eigenvalue weighted by molar-refractivity contribution is 6.07. The summed E-state index contributed by atoms with van der Waals surface area (Å²) >= 11 is 0. The first kappa shape index (κ1) is 20.7. The van der Waals surface area contributed by atoms with Crippen molar-refractivity contribution in [3.8, 4) is 5.75 Å². The van der Waals surface area contributed by atoms with Crippen molar-refractivity contribution in [3.05, 3.63) is 65.1 Å². The van der Waals surface area contributed by atoms with Crippen molar-refractivity contribution in [2.75, 3.05) is 7.11 Å². The first-order valence-electron chi connectivity index (χ1n) is 9.62. The lowest BCUT2D eigenvalue weighted by Gasteiger charge is -2.35. The zero-order chi connectivity index (χ0) is 21.2. The predicted octanol–water partition coefficient (Wildman–Crippen LogP) is 3.26. The van der Waals surface area contributed by atoms with Crippen LogP contribution in [0.1, 0.15) is 55.1 Å². The first-order valence-corrected chi connectivity index (χ1v) is 9.62. The lowest BCUT2D eigenvalue weighted by molar-refractivity contribution is -0.607. The molecule has 1 heterocycles. The van der Waals surface area contributed by atoms with E-state index in [-0.39, 0.29) is 41.9 Å². The number of aromatic nitrogens is 1. The molecule has 0 radical (unpaired) electrons. The monoisotopic (exact) mass is 395 g/mol. The maximum absolute atomic E-state index is 12.9. The summed E-state index contributed by atoms with van der Waals surface area (Å²) in [5.41, 5.74) is 0.331. The van der Waals surface area contributed by atoms with E-state index >= 15 is 0 Å². The average Bonchev–Trinajstić information content (AvgIpc) is 2.66. The maximum Gasteiger partial charge on any atom is 0.259 e. The van der Waals surface area contributed by atoms with Crippen molar-refractivity contribution in [1.29, 1.82) is 0 Å². The molecule has 1 saturated carbocycles. The minimum atomic E-state index is -0.885. The summed E-state index contributed by atoms with van der Waals surface area (Å²) in [4.78, 5) is 38.7. The van der Waals surface area contributed by atoms with Crippen molar-refractivity contribution in [1.82, 2.24) is 0 Å². The Balaban J connectivity index is 1.97. The first-order chi connectivity index (χ1) is 13.7. The summed E-state index contributed by atoms with van der Waals surface area (Å²) < 4.78 is 5.70. The molecular formula is C23H25NO5. The van der Waals surface area contributed by atoms with E-state index in [0.717, 1.165) is 0 Å². The van der Waals surface area contributed by atoms with E-state index in [1.54, 1.807) is 43.5 Å². The Hall–Kier alpha value is -3.02. The number of rotatable bonds is 6. The molecule has 0 saturated heterocycles. The summed E-state index contributed by atoms with van der Waals surface area (Å²) in [5, 5.41) is 12.0. The fourth-order valence-electron chi connectivity index (χ4n) is 4.08. The molecule has 1 aliphatic rings. The number of Topliss-reactive ketones (excluding diaryl/α,β-unsaturated/α-hetero) is 3. The second-order valence-electron chi connectivity index (χ2n) is 8.35. The summed E-state index contributed by atoms with van der Waals surface area (Å²) in [6, 6.07) is 11.6. The lowest BCUT2D eigenvalue weighted by Crippen LogP contribution is -2.42. The molecule has 0 bridgehead atoms. The molecule has 0 spiro atoms. The van der Waals surface area contributed by atoms with Gasteiger partial charge < -0.3 is 9.94 Å². The average molecular weight is 395 g/mol. The molecule has 2 aromatic rings. The summed E-state index contributed by atoms with van der Waals surface area (Å²) in [6.45, 7) is 3.80. The molecule has 0 N–H and O–H groups in total. The minimum absolute atomic E-state index is 0.00190. The van der Waals surface area contributed by atoms with Gasteiger partial charge in [0.15, 0.2) is 6.20 Å². The third kappa shape index (κ3) is 4.53. The van der Waals surface area contributed by atoms with Crippen LogP contribution in [-0.4, -0.2) is 24.5 Å². The minimum Gasteiger partial charge on any atom is -0.618 e. The van der Waals surface area contributed by atoms with Gasteiger partial charge in [0, 0.05) is 37.3 Å². The van der Waals surface area contributed by atoms with Crippen LogP contribution in [0.5, 0.6) is 5.75 Å². The van der Waals surface area contributed by atoms with Gasteiger partial charge in [0.1, 0.15) is 17.3 Å². The van der Waals surface area contributed by atoms with Gasteiger partial charge in [-0.15, -0.1) is 0 Å². The van der Waals surface area contributed by atoms with Gasteiger partial charge in [0.05, 0.1) is 13.0 Å². The zero-order valence-corrected chi connectivity index (χ0v) is 16.9. The van der Waals surface area contributed by atoms with Crippen LogP contribution in [0.3, 0.4) is 0 Å². The molecular weight excluding hydrogens is 370 g/mol. The van der Waals surface area contributed by atoms with Crippen LogP contribution >= 0.6 is 0 Å². The Bertz CT molecular complexity index is 913. The maximum atomic E-state index is 12.9. The molecule has 6 nitrogen and oxygen atoms in total. The zero-order valence-electron chi connectivity index (χ0n) is 16.9. The number of benzene rings is 1. The standard InChI is InChI=1S/C23H25NO5/c1-23(2)13-20(26)22(21(27)14-23)17(15-7-9-16(29-3)10-8-15)12-19(25)18-6-4-5-11-24(18)28/h4-11,17,22H,12-14H2,1-3H3/t17-/m1/s1. The van der Waals surface area contributed by atoms with E-state index in [1.807, 2.05) is 13.8 Å². The van der Waals surface area contributed by atoms with Crippen LogP contribution in [0.2, 0.25) is 0 Å². The Labute approximate surface area is 170 Å². The van der Waals surface area contributed by atoms with Gasteiger partial charge >= 0.3 is 0 Å². The highest BCUT2D eigenvalue weighted by Gasteiger charge is 2.44. The van der Waals surface area contributed by atoms with E-state index in [2.05, 4.69) is 0 Å². The van der Waals surface area contributed by atoms with E-state index in [1.165, 1.54) is 12.3 Å². The number of ketones is 3. The molecule has 29 heavy (non-hydrogen) atoms. The second kappa shape index (κ2) is 8.15. The molecule has 3 rings (SSSR count). The molecule has 0 amide bonds. The Morgan fingerprint density at radius 2 is 1.76 bits per heavy atom. The third-order valence-corrected chi connectivity index (χ3v) is 5.46. The highest BCUT2D eigenvalue weighted by atomic mass is 16.5. The van der Waals surface area contributed by atoms with E-state index < -0.39 is 17.6 Å². The van der Waals surface area contributed by atoms with Crippen molar-refractivity contribution < 1.29 is 23.9 Å². The van der Waals surface area contributed by atoms with Gasteiger partial charge in [-0.3, -0.25) is 14.4 Å². The quantitative estimate of drug-likeness (QED) is 0.324. The molecule has 1 aromatic heterocycles. The number of pyridine rings is 1. The van der Waals surface area contributed by atoms with Crippen molar-refractivity contribution in [2.45, 2.75) is 39.0 Å². The second-order valence-corrected chi connectivity index (χ2v) is 8.35. The van der Waals surface area contributed by atoms with Gasteiger partial charge in [-0.2, -0.15) is 4.73 Å².